The summed E-state index contributed by atoms with van der Waals surface area (Å²) in [4.78, 5) is 23.1. The van der Waals surface area contributed by atoms with Crippen LogP contribution in [0.4, 0.5) is 0 Å². The molecular formula is C16H20ClNO5. The second kappa shape index (κ2) is 7.77. The van der Waals surface area contributed by atoms with Gasteiger partial charge in [0.1, 0.15) is 12.2 Å². The van der Waals surface area contributed by atoms with E-state index in [0.29, 0.717) is 17.9 Å². The van der Waals surface area contributed by atoms with Crippen molar-refractivity contribution < 1.29 is 24.2 Å². The summed E-state index contributed by atoms with van der Waals surface area (Å²) >= 11 is 5.87. The molecule has 0 aromatic heterocycles. The molecule has 0 radical (unpaired) electrons. The third-order valence-corrected chi connectivity index (χ3v) is 4.12. The number of aliphatic carboxylic acids is 1. The predicted octanol–water partition coefficient (Wildman–Crippen LogP) is 2.16. The topological polar surface area (TPSA) is 84.9 Å². The first kappa shape index (κ1) is 17.7. The summed E-state index contributed by atoms with van der Waals surface area (Å²) in [5.41, 5.74) is 0.889. The zero-order chi connectivity index (χ0) is 17.0. The van der Waals surface area contributed by atoms with Gasteiger partial charge in [0.25, 0.3) is 0 Å². The fraction of sp³-hybridized carbons (Fsp3) is 0.500. The highest BCUT2D eigenvalue weighted by atomic mass is 35.5. The molecule has 1 heterocycles. The fourth-order valence-corrected chi connectivity index (χ4v) is 2.81. The van der Waals surface area contributed by atoms with Gasteiger partial charge < -0.3 is 19.9 Å². The van der Waals surface area contributed by atoms with E-state index in [0.717, 1.165) is 5.56 Å². The smallest absolute Gasteiger partial charge is 0.332 e. The molecule has 126 valence electrons. The summed E-state index contributed by atoms with van der Waals surface area (Å²) < 4.78 is 10.7. The van der Waals surface area contributed by atoms with E-state index in [1.165, 1.54) is 0 Å². The van der Waals surface area contributed by atoms with Crippen LogP contribution in [0, 0.1) is 0 Å². The van der Waals surface area contributed by atoms with Crippen molar-refractivity contribution in [2.75, 3.05) is 7.11 Å². The zero-order valence-corrected chi connectivity index (χ0v) is 13.7. The number of nitrogens with one attached hydrogen (secondary N) is 1. The van der Waals surface area contributed by atoms with Gasteiger partial charge in [0.05, 0.1) is 6.04 Å². The van der Waals surface area contributed by atoms with Crippen molar-refractivity contribution >= 4 is 23.5 Å². The van der Waals surface area contributed by atoms with Crippen LogP contribution in [-0.2, 0) is 19.1 Å². The average Bonchev–Trinajstić information content (AvgIpc) is 3.00. The zero-order valence-electron chi connectivity index (χ0n) is 13.0. The molecule has 6 nitrogen and oxygen atoms in total. The van der Waals surface area contributed by atoms with Crippen molar-refractivity contribution in [3.63, 3.8) is 0 Å². The Hall–Kier alpha value is -1.63. The highest BCUT2D eigenvalue weighted by Crippen LogP contribution is 2.24. The molecular weight excluding hydrogens is 322 g/mol. The second-order valence-corrected chi connectivity index (χ2v) is 5.97. The van der Waals surface area contributed by atoms with Gasteiger partial charge in [-0.3, -0.25) is 4.79 Å². The first-order chi connectivity index (χ1) is 10.9. The summed E-state index contributed by atoms with van der Waals surface area (Å²) in [7, 11) is 1.56. The molecule has 2 unspecified atom stereocenters. The lowest BCUT2D eigenvalue weighted by Gasteiger charge is -2.25. The minimum atomic E-state index is -1.04. The molecule has 23 heavy (non-hydrogen) atoms. The Morgan fingerprint density at radius 2 is 1.91 bits per heavy atom. The molecule has 7 heteroatoms. The Kier molecular flexibility index (Phi) is 5.98. The summed E-state index contributed by atoms with van der Waals surface area (Å²) in [6.45, 7) is 1.82. The third kappa shape index (κ3) is 4.43. The maximum Gasteiger partial charge on any atom is 0.332 e. The van der Waals surface area contributed by atoms with Gasteiger partial charge in [0.15, 0.2) is 6.10 Å². The van der Waals surface area contributed by atoms with Crippen molar-refractivity contribution in [2.24, 2.45) is 0 Å². The number of halogens is 1. The molecule has 0 saturated carbocycles. The number of carboxylic acids is 1. The second-order valence-electron chi connectivity index (χ2n) is 5.53. The van der Waals surface area contributed by atoms with E-state index in [9.17, 15) is 9.59 Å². The lowest BCUT2D eigenvalue weighted by atomic mass is 10.0. The molecule has 1 aromatic rings. The number of hydrogen-bond acceptors (Lipinski definition) is 4. The Labute approximate surface area is 139 Å². The van der Waals surface area contributed by atoms with Gasteiger partial charge in [0.2, 0.25) is 5.91 Å². The fourth-order valence-electron chi connectivity index (χ4n) is 2.69. The van der Waals surface area contributed by atoms with Gasteiger partial charge in [-0.15, -0.1) is 0 Å². The van der Waals surface area contributed by atoms with E-state index in [1.54, 1.807) is 19.2 Å². The lowest BCUT2D eigenvalue weighted by Crippen LogP contribution is -2.43. The number of rotatable bonds is 6. The minimum Gasteiger partial charge on any atom is -0.479 e. The monoisotopic (exact) mass is 341 g/mol. The van der Waals surface area contributed by atoms with Gasteiger partial charge in [-0.25, -0.2) is 4.79 Å². The lowest BCUT2D eigenvalue weighted by molar-refractivity contribution is -0.152. The van der Waals surface area contributed by atoms with Crippen LogP contribution in [0.25, 0.3) is 0 Å². The number of methoxy groups -OCH3 is 1. The molecule has 2 N–H and O–H groups in total. The number of benzene rings is 1. The quantitative estimate of drug-likeness (QED) is 0.828. The van der Waals surface area contributed by atoms with Gasteiger partial charge in [-0.05, 0) is 37.5 Å². The molecule has 4 atom stereocenters. The number of carbonyl (C=O) groups is 2. The Bertz CT molecular complexity index is 562. The van der Waals surface area contributed by atoms with E-state index in [4.69, 9.17) is 26.2 Å². The molecule has 1 aromatic carbocycles. The first-order valence-electron chi connectivity index (χ1n) is 7.39. The number of ether oxygens (including phenoxy) is 2. The van der Waals surface area contributed by atoms with Crippen LogP contribution in [0.5, 0.6) is 0 Å². The average molecular weight is 342 g/mol. The van der Waals surface area contributed by atoms with E-state index in [-0.39, 0.29) is 18.1 Å². The number of hydrogen-bond donors (Lipinski definition) is 2. The summed E-state index contributed by atoms with van der Waals surface area (Å²) in [5.74, 6) is -1.36. The van der Waals surface area contributed by atoms with Crippen molar-refractivity contribution in [1.29, 1.82) is 0 Å². The molecule has 1 aliphatic heterocycles. The van der Waals surface area contributed by atoms with Crippen LogP contribution in [0.1, 0.15) is 31.4 Å². The van der Waals surface area contributed by atoms with Crippen molar-refractivity contribution in [2.45, 2.75) is 44.1 Å². The highest BCUT2D eigenvalue weighted by molar-refractivity contribution is 6.30. The Morgan fingerprint density at radius 3 is 2.43 bits per heavy atom. The van der Waals surface area contributed by atoms with E-state index >= 15 is 0 Å². The van der Waals surface area contributed by atoms with E-state index < -0.39 is 18.2 Å². The van der Waals surface area contributed by atoms with Gasteiger partial charge >= 0.3 is 5.97 Å². The third-order valence-electron chi connectivity index (χ3n) is 3.86. The van der Waals surface area contributed by atoms with Crippen LogP contribution in [0.3, 0.4) is 0 Å². The molecule has 2 rings (SSSR count). The van der Waals surface area contributed by atoms with Gasteiger partial charge in [-0.1, -0.05) is 23.7 Å². The van der Waals surface area contributed by atoms with Crippen molar-refractivity contribution in [3.05, 3.63) is 34.9 Å². The highest BCUT2D eigenvalue weighted by Gasteiger charge is 2.35. The molecule has 1 saturated heterocycles. The van der Waals surface area contributed by atoms with Crippen LogP contribution in [0.15, 0.2) is 24.3 Å². The minimum absolute atomic E-state index is 0.304. The maximum atomic E-state index is 12.2. The molecule has 0 spiro atoms. The van der Waals surface area contributed by atoms with Crippen molar-refractivity contribution in [1.82, 2.24) is 5.32 Å². The Morgan fingerprint density at radius 1 is 1.30 bits per heavy atom. The van der Waals surface area contributed by atoms with Crippen molar-refractivity contribution in [3.8, 4) is 0 Å². The number of carboxylic acid groups (broad SMARTS) is 1. The first-order valence-corrected chi connectivity index (χ1v) is 7.77. The van der Waals surface area contributed by atoms with Crippen LogP contribution in [-0.4, -0.2) is 42.3 Å². The number of amides is 1. The van der Waals surface area contributed by atoms with Crippen LogP contribution in [0.2, 0.25) is 5.02 Å². The SMILES string of the molecule is COC(c1ccc(Cl)cc1)C(C)NC(=O)[C@@H]1CC[C@H](C(=O)O)O1. The summed E-state index contributed by atoms with van der Waals surface area (Å²) in [5, 5.41) is 12.4. The van der Waals surface area contributed by atoms with Crippen LogP contribution < -0.4 is 5.32 Å². The van der Waals surface area contributed by atoms with Crippen LogP contribution >= 0.6 is 11.6 Å². The predicted molar refractivity (Wildman–Crippen MR) is 84.3 cm³/mol. The molecule has 1 fully saturated rings. The summed E-state index contributed by atoms with van der Waals surface area (Å²) in [6, 6.07) is 6.89. The standard InChI is InChI=1S/C16H20ClNO5/c1-9(14(22-2)10-3-5-11(17)6-4-10)18-15(19)12-7-8-13(23-12)16(20)21/h3-6,9,12-14H,7-8H2,1-2H3,(H,18,19)(H,20,21)/t9?,12-,13+,14?/m0/s1. The maximum absolute atomic E-state index is 12.2. The van der Waals surface area contributed by atoms with Gasteiger partial charge in [-0.2, -0.15) is 0 Å². The molecule has 1 aliphatic rings. The largest absolute Gasteiger partial charge is 0.479 e. The molecule has 0 bridgehead atoms. The molecule has 0 aliphatic carbocycles. The summed E-state index contributed by atoms with van der Waals surface area (Å²) in [6.07, 6.45) is -1.24. The van der Waals surface area contributed by atoms with E-state index in [1.807, 2.05) is 19.1 Å². The molecule has 1 amide bonds. The normalized spacial score (nSPS) is 23.3. The number of carbonyl (C=O) groups excluding carboxylic acids is 1. The van der Waals surface area contributed by atoms with E-state index in [2.05, 4.69) is 5.32 Å². The Balaban J connectivity index is 1.96. The van der Waals surface area contributed by atoms with Gasteiger partial charge in [0, 0.05) is 12.1 Å².